The van der Waals surface area contributed by atoms with Crippen LogP contribution in [-0.4, -0.2) is 6.04 Å². The average Bonchev–Trinajstić information content (AvgIpc) is 3.20. The van der Waals surface area contributed by atoms with E-state index >= 15 is 0 Å². The van der Waals surface area contributed by atoms with Gasteiger partial charge in [-0.15, -0.1) is 0 Å². The fourth-order valence-electron chi connectivity index (χ4n) is 2.80. The van der Waals surface area contributed by atoms with E-state index in [-0.39, 0.29) is 0 Å². The van der Waals surface area contributed by atoms with Crippen LogP contribution in [0.5, 0.6) is 0 Å². The minimum atomic E-state index is 0.531. The van der Waals surface area contributed by atoms with Gasteiger partial charge in [0.15, 0.2) is 0 Å². The van der Waals surface area contributed by atoms with Gasteiger partial charge in [-0.25, -0.2) is 0 Å². The predicted octanol–water partition coefficient (Wildman–Crippen LogP) is 5.42. The van der Waals surface area contributed by atoms with Crippen LogP contribution in [0.15, 0.2) is 0 Å². The van der Waals surface area contributed by atoms with Crippen molar-refractivity contribution in [3.63, 3.8) is 0 Å². The molecule has 1 aliphatic carbocycles. The molecule has 1 saturated carbocycles. The van der Waals surface area contributed by atoms with E-state index in [2.05, 4.69) is 6.92 Å². The van der Waals surface area contributed by atoms with Crippen molar-refractivity contribution in [2.75, 3.05) is 0 Å². The molecule has 108 valence electrons. The van der Waals surface area contributed by atoms with Gasteiger partial charge in [0.05, 0.1) is 0 Å². The van der Waals surface area contributed by atoms with Crippen LogP contribution in [0, 0.1) is 5.92 Å². The van der Waals surface area contributed by atoms with E-state index < -0.39 is 0 Å². The second-order valence-electron chi connectivity index (χ2n) is 6.33. The molecule has 0 amide bonds. The van der Waals surface area contributed by atoms with Crippen LogP contribution in [0.2, 0.25) is 0 Å². The van der Waals surface area contributed by atoms with Crippen LogP contribution in [0.4, 0.5) is 0 Å². The van der Waals surface area contributed by atoms with Crippen LogP contribution in [0.3, 0.4) is 0 Å². The smallest absolute Gasteiger partial charge is 0.00671 e. The van der Waals surface area contributed by atoms with E-state index in [0.29, 0.717) is 6.04 Å². The highest BCUT2D eigenvalue weighted by molar-refractivity contribution is 4.83. The zero-order valence-electron chi connectivity index (χ0n) is 12.6. The average molecular weight is 253 g/mol. The highest BCUT2D eigenvalue weighted by Crippen LogP contribution is 2.33. The van der Waals surface area contributed by atoms with Crippen LogP contribution in [-0.2, 0) is 0 Å². The summed E-state index contributed by atoms with van der Waals surface area (Å²) in [6.45, 7) is 2.29. The molecule has 0 spiro atoms. The molecule has 0 saturated heterocycles. The summed E-state index contributed by atoms with van der Waals surface area (Å²) in [6.07, 6.45) is 19.9. The maximum Gasteiger partial charge on any atom is 0.00671 e. The van der Waals surface area contributed by atoms with Crippen molar-refractivity contribution >= 4 is 0 Å². The van der Waals surface area contributed by atoms with Gasteiger partial charge in [-0.05, 0) is 25.2 Å². The topological polar surface area (TPSA) is 26.0 Å². The van der Waals surface area contributed by atoms with Crippen molar-refractivity contribution in [3.8, 4) is 0 Å². The first kappa shape index (κ1) is 16.0. The lowest BCUT2D eigenvalue weighted by Crippen LogP contribution is -2.21. The fourth-order valence-corrected chi connectivity index (χ4v) is 2.80. The molecular weight excluding hydrogens is 218 g/mol. The van der Waals surface area contributed by atoms with Crippen molar-refractivity contribution in [1.29, 1.82) is 0 Å². The van der Waals surface area contributed by atoms with Gasteiger partial charge in [-0.3, -0.25) is 0 Å². The van der Waals surface area contributed by atoms with Crippen molar-refractivity contribution in [2.24, 2.45) is 11.7 Å². The lowest BCUT2D eigenvalue weighted by molar-refractivity contribution is 0.493. The van der Waals surface area contributed by atoms with E-state index in [4.69, 9.17) is 5.73 Å². The molecule has 1 nitrogen and oxygen atoms in total. The Kier molecular flexibility index (Phi) is 9.65. The maximum atomic E-state index is 6.10. The summed E-state index contributed by atoms with van der Waals surface area (Å²) in [4.78, 5) is 0. The van der Waals surface area contributed by atoms with Gasteiger partial charge < -0.3 is 5.73 Å². The Balaban J connectivity index is 1.68. The molecule has 0 aromatic carbocycles. The van der Waals surface area contributed by atoms with Crippen molar-refractivity contribution in [3.05, 3.63) is 0 Å². The van der Waals surface area contributed by atoms with Crippen LogP contribution in [0.1, 0.15) is 96.8 Å². The molecule has 1 fully saturated rings. The Hall–Kier alpha value is -0.0400. The normalized spacial score (nSPS) is 17.0. The third kappa shape index (κ3) is 8.97. The number of unbranched alkanes of at least 4 members (excludes halogenated alkanes) is 10. The first-order valence-corrected chi connectivity index (χ1v) is 8.60. The highest BCUT2D eigenvalue weighted by Gasteiger charge is 2.27. The largest absolute Gasteiger partial charge is 0.327 e. The standard InChI is InChI=1S/C17H35N/c1-2-3-4-5-6-7-8-9-10-11-12-13-17(18)16-14-15-16/h16-17H,2-15,18H2,1H3. The van der Waals surface area contributed by atoms with Gasteiger partial charge >= 0.3 is 0 Å². The lowest BCUT2D eigenvalue weighted by Gasteiger charge is -2.09. The molecule has 0 heterocycles. The molecule has 1 rings (SSSR count). The Morgan fingerprint density at radius 3 is 1.67 bits per heavy atom. The summed E-state index contributed by atoms with van der Waals surface area (Å²) in [7, 11) is 0. The minimum Gasteiger partial charge on any atom is -0.327 e. The summed E-state index contributed by atoms with van der Waals surface area (Å²) in [6, 6.07) is 0.531. The van der Waals surface area contributed by atoms with E-state index in [1.54, 1.807) is 0 Å². The number of hydrogen-bond acceptors (Lipinski definition) is 1. The van der Waals surface area contributed by atoms with Gasteiger partial charge in [-0.1, -0.05) is 77.6 Å². The van der Waals surface area contributed by atoms with Crippen LogP contribution in [0.25, 0.3) is 0 Å². The van der Waals surface area contributed by atoms with Crippen LogP contribution < -0.4 is 5.73 Å². The molecule has 18 heavy (non-hydrogen) atoms. The molecule has 2 N–H and O–H groups in total. The van der Waals surface area contributed by atoms with E-state index in [9.17, 15) is 0 Å². The SMILES string of the molecule is CCCCCCCCCCCCCC(N)C1CC1. The fraction of sp³-hybridized carbons (Fsp3) is 1.00. The Labute approximate surface area is 115 Å². The quantitative estimate of drug-likeness (QED) is 0.435. The number of hydrogen-bond donors (Lipinski definition) is 1. The van der Waals surface area contributed by atoms with E-state index in [0.717, 1.165) is 5.92 Å². The zero-order chi connectivity index (χ0) is 13.1. The summed E-state index contributed by atoms with van der Waals surface area (Å²) in [5.41, 5.74) is 6.10. The Morgan fingerprint density at radius 2 is 1.22 bits per heavy atom. The maximum absolute atomic E-state index is 6.10. The molecule has 1 heteroatoms. The zero-order valence-corrected chi connectivity index (χ0v) is 12.6. The molecule has 1 unspecified atom stereocenters. The Bertz CT molecular complexity index is 174. The number of rotatable bonds is 13. The van der Waals surface area contributed by atoms with Gasteiger partial charge in [-0.2, -0.15) is 0 Å². The third-order valence-corrected chi connectivity index (χ3v) is 4.37. The van der Waals surface area contributed by atoms with E-state index in [1.165, 1.54) is 89.9 Å². The molecule has 0 radical (unpaired) electrons. The summed E-state index contributed by atoms with van der Waals surface area (Å²) in [5, 5.41) is 0. The highest BCUT2D eigenvalue weighted by atomic mass is 14.7. The van der Waals surface area contributed by atoms with Crippen molar-refractivity contribution in [2.45, 2.75) is 103 Å². The van der Waals surface area contributed by atoms with Crippen LogP contribution >= 0.6 is 0 Å². The first-order valence-electron chi connectivity index (χ1n) is 8.60. The number of nitrogens with two attached hydrogens (primary N) is 1. The molecule has 0 aliphatic heterocycles. The summed E-state index contributed by atoms with van der Waals surface area (Å²) < 4.78 is 0. The lowest BCUT2D eigenvalue weighted by atomic mass is 10.0. The second-order valence-corrected chi connectivity index (χ2v) is 6.33. The van der Waals surface area contributed by atoms with Gasteiger partial charge in [0.25, 0.3) is 0 Å². The second kappa shape index (κ2) is 10.8. The Morgan fingerprint density at radius 1 is 0.778 bits per heavy atom. The van der Waals surface area contributed by atoms with Gasteiger partial charge in [0.2, 0.25) is 0 Å². The van der Waals surface area contributed by atoms with E-state index in [1.807, 2.05) is 0 Å². The summed E-state index contributed by atoms with van der Waals surface area (Å²) >= 11 is 0. The third-order valence-electron chi connectivity index (χ3n) is 4.37. The molecule has 0 aromatic rings. The molecule has 1 atom stereocenters. The monoisotopic (exact) mass is 253 g/mol. The molecule has 0 bridgehead atoms. The molecule has 0 aromatic heterocycles. The predicted molar refractivity (Wildman–Crippen MR) is 81.8 cm³/mol. The van der Waals surface area contributed by atoms with Gasteiger partial charge in [0, 0.05) is 6.04 Å². The molecule has 1 aliphatic rings. The first-order chi connectivity index (χ1) is 8.84. The summed E-state index contributed by atoms with van der Waals surface area (Å²) in [5.74, 6) is 0.896. The molecular formula is C17H35N. The van der Waals surface area contributed by atoms with Gasteiger partial charge in [0.1, 0.15) is 0 Å². The van der Waals surface area contributed by atoms with Crippen molar-refractivity contribution in [1.82, 2.24) is 0 Å². The van der Waals surface area contributed by atoms with Crippen molar-refractivity contribution < 1.29 is 0 Å². The minimum absolute atomic E-state index is 0.531.